The van der Waals surface area contributed by atoms with Crippen molar-refractivity contribution in [3.8, 4) is 5.75 Å². The van der Waals surface area contributed by atoms with Gasteiger partial charge in [0.15, 0.2) is 0 Å². The van der Waals surface area contributed by atoms with E-state index in [2.05, 4.69) is 15.5 Å². The van der Waals surface area contributed by atoms with Gasteiger partial charge in [-0.1, -0.05) is 12.1 Å². The molecular weight excluding hydrogens is 377 g/mol. The quantitative estimate of drug-likeness (QED) is 0.649. The van der Waals surface area contributed by atoms with Gasteiger partial charge in [0.05, 0.1) is 13.2 Å². The number of rotatable bonds is 9. The number of benzene rings is 1. The molecule has 1 fully saturated rings. The number of amides is 1. The van der Waals surface area contributed by atoms with Crippen LogP contribution in [0, 0.1) is 0 Å². The third-order valence-electron chi connectivity index (χ3n) is 3.90. The molecule has 0 saturated carbocycles. The van der Waals surface area contributed by atoms with Crippen molar-refractivity contribution in [2.45, 2.75) is 18.9 Å². The average Bonchev–Trinajstić information content (AvgIpc) is 2.57. The molecule has 1 unspecified atom stereocenters. The first kappa shape index (κ1) is 24.9. The van der Waals surface area contributed by atoms with Gasteiger partial charge < -0.3 is 25.0 Å². The van der Waals surface area contributed by atoms with E-state index in [4.69, 9.17) is 9.47 Å². The van der Waals surface area contributed by atoms with Crippen LogP contribution in [-0.4, -0.2) is 70.4 Å². The summed E-state index contributed by atoms with van der Waals surface area (Å²) in [6.45, 7) is 4.39. The second kappa shape index (κ2) is 14.1. The van der Waals surface area contributed by atoms with Crippen molar-refractivity contribution in [3.63, 3.8) is 0 Å². The summed E-state index contributed by atoms with van der Waals surface area (Å²) in [5.74, 6) is 0.953. The number of nitrogens with zero attached hydrogens (tertiary/aromatic N) is 1. The smallest absolute Gasteiger partial charge is 0.221 e. The number of morpholine rings is 1. The molecule has 0 aromatic heterocycles. The molecule has 8 heteroatoms. The lowest BCUT2D eigenvalue weighted by molar-refractivity contribution is -0.122. The summed E-state index contributed by atoms with van der Waals surface area (Å²) in [7, 11) is 4.05. The zero-order valence-corrected chi connectivity index (χ0v) is 17.2. The molecule has 1 aromatic rings. The first-order valence-electron chi connectivity index (χ1n) is 8.58. The van der Waals surface area contributed by atoms with Crippen LogP contribution in [0.5, 0.6) is 5.75 Å². The number of likely N-dealkylation sites (N-methyl/N-ethyl adjacent to an activating group) is 1. The number of nitrogens with one attached hydrogen (secondary N) is 2. The summed E-state index contributed by atoms with van der Waals surface area (Å²) >= 11 is 0. The van der Waals surface area contributed by atoms with E-state index in [1.54, 1.807) is 0 Å². The van der Waals surface area contributed by atoms with Gasteiger partial charge in [-0.25, -0.2) is 0 Å². The Bertz CT molecular complexity index is 495. The lowest BCUT2D eigenvalue weighted by Gasteiger charge is -2.23. The van der Waals surface area contributed by atoms with Gasteiger partial charge >= 0.3 is 0 Å². The number of ether oxygens (including phenoxy) is 2. The fraction of sp³-hybridized carbons (Fsp3) is 0.611. The Morgan fingerprint density at radius 2 is 2.04 bits per heavy atom. The largest absolute Gasteiger partial charge is 0.492 e. The molecule has 0 radical (unpaired) electrons. The third kappa shape index (κ3) is 10.2. The van der Waals surface area contributed by atoms with Crippen molar-refractivity contribution < 1.29 is 14.3 Å². The average molecular weight is 408 g/mol. The number of carbonyl (C=O) groups is 1. The summed E-state index contributed by atoms with van der Waals surface area (Å²) < 4.78 is 11.0. The van der Waals surface area contributed by atoms with E-state index in [1.165, 1.54) is 5.56 Å². The molecular formula is C18H31Cl2N3O3. The number of hydrogen-bond donors (Lipinski definition) is 2. The van der Waals surface area contributed by atoms with Gasteiger partial charge in [-0.2, -0.15) is 0 Å². The van der Waals surface area contributed by atoms with E-state index < -0.39 is 0 Å². The minimum absolute atomic E-state index is 0. The highest BCUT2D eigenvalue weighted by Crippen LogP contribution is 2.12. The molecule has 1 aliphatic rings. The molecule has 150 valence electrons. The standard InChI is InChI=1S/C18H29N3O3.2ClH/c1-21(2)10-12-24-17-5-3-15(4-6-17)7-8-20-18(22)13-16-14-23-11-9-19-16;;/h3-6,16,19H,7-14H2,1-2H3,(H,20,22);2*1H. The minimum atomic E-state index is 0. The molecule has 1 atom stereocenters. The maximum Gasteiger partial charge on any atom is 0.221 e. The molecule has 1 amide bonds. The van der Waals surface area contributed by atoms with E-state index in [0.29, 0.717) is 26.2 Å². The molecule has 1 aliphatic heterocycles. The maximum absolute atomic E-state index is 11.9. The van der Waals surface area contributed by atoms with Gasteiger partial charge in [-0.15, -0.1) is 24.8 Å². The van der Waals surface area contributed by atoms with Crippen molar-refractivity contribution in [2.24, 2.45) is 0 Å². The van der Waals surface area contributed by atoms with Crippen LogP contribution >= 0.6 is 24.8 Å². The summed E-state index contributed by atoms with van der Waals surface area (Å²) in [5, 5.41) is 6.25. The molecule has 1 saturated heterocycles. The fourth-order valence-corrected chi connectivity index (χ4v) is 2.49. The SMILES string of the molecule is CN(C)CCOc1ccc(CCNC(=O)CC2COCCN2)cc1.Cl.Cl. The highest BCUT2D eigenvalue weighted by molar-refractivity contribution is 5.85. The van der Waals surface area contributed by atoms with Gasteiger partial charge in [0, 0.05) is 32.1 Å². The van der Waals surface area contributed by atoms with Crippen molar-refractivity contribution in [1.82, 2.24) is 15.5 Å². The molecule has 26 heavy (non-hydrogen) atoms. The molecule has 0 spiro atoms. The van der Waals surface area contributed by atoms with Gasteiger partial charge in [0.2, 0.25) is 5.91 Å². The topological polar surface area (TPSA) is 62.8 Å². The van der Waals surface area contributed by atoms with E-state index in [9.17, 15) is 4.79 Å². The van der Waals surface area contributed by atoms with Gasteiger partial charge in [0.25, 0.3) is 0 Å². The zero-order chi connectivity index (χ0) is 17.2. The molecule has 2 N–H and O–H groups in total. The molecule has 0 aliphatic carbocycles. The van der Waals surface area contributed by atoms with Crippen molar-refractivity contribution in [3.05, 3.63) is 29.8 Å². The van der Waals surface area contributed by atoms with Crippen LogP contribution in [0.25, 0.3) is 0 Å². The van der Waals surface area contributed by atoms with Crippen LogP contribution in [0.15, 0.2) is 24.3 Å². The van der Waals surface area contributed by atoms with Gasteiger partial charge in [-0.3, -0.25) is 4.79 Å². The lowest BCUT2D eigenvalue weighted by Crippen LogP contribution is -2.44. The number of halogens is 2. The summed E-state index contributed by atoms with van der Waals surface area (Å²) in [5.41, 5.74) is 1.19. The highest BCUT2D eigenvalue weighted by Gasteiger charge is 2.16. The molecule has 1 heterocycles. The maximum atomic E-state index is 11.9. The summed E-state index contributed by atoms with van der Waals surface area (Å²) in [4.78, 5) is 14.0. The number of carbonyl (C=O) groups excluding carboxylic acids is 1. The van der Waals surface area contributed by atoms with Crippen molar-refractivity contribution in [2.75, 3.05) is 53.6 Å². The van der Waals surface area contributed by atoms with Crippen LogP contribution in [-0.2, 0) is 16.0 Å². The Kier molecular flexibility index (Phi) is 13.5. The second-order valence-corrected chi connectivity index (χ2v) is 6.33. The monoisotopic (exact) mass is 407 g/mol. The zero-order valence-electron chi connectivity index (χ0n) is 15.5. The van der Waals surface area contributed by atoms with Crippen LogP contribution in [0.1, 0.15) is 12.0 Å². The van der Waals surface area contributed by atoms with Crippen molar-refractivity contribution in [1.29, 1.82) is 0 Å². The second-order valence-electron chi connectivity index (χ2n) is 6.33. The number of hydrogen-bond acceptors (Lipinski definition) is 5. The van der Waals surface area contributed by atoms with Crippen LogP contribution in [0.3, 0.4) is 0 Å². The normalized spacial score (nSPS) is 16.3. The lowest BCUT2D eigenvalue weighted by atomic mass is 10.1. The Morgan fingerprint density at radius 3 is 2.65 bits per heavy atom. The van der Waals surface area contributed by atoms with E-state index in [0.717, 1.165) is 31.9 Å². The Labute approximate surface area is 168 Å². The summed E-state index contributed by atoms with van der Waals surface area (Å²) in [6.07, 6.45) is 1.29. The van der Waals surface area contributed by atoms with Crippen LogP contribution in [0.4, 0.5) is 0 Å². The van der Waals surface area contributed by atoms with Crippen LogP contribution in [0.2, 0.25) is 0 Å². The molecule has 0 bridgehead atoms. The predicted octanol–water partition coefficient (Wildman–Crippen LogP) is 1.51. The Hall–Kier alpha value is -1.05. The van der Waals surface area contributed by atoms with E-state index in [-0.39, 0.29) is 36.8 Å². The Morgan fingerprint density at radius 1 is 1.31 bits per heavy atom. The molecule has 1 aromatic carbocycles. The van der Waals surface area contributed by atoms with Gasteiger partial charge in [0.1, 0.15) is 12.4 Å². The molecule has 6 nitrogen and oxygen atoms in total. The van der Waals surface area contributed by atoms with Gasteiger partial charge in [-0.05, 0) is 38.2 Å². The first-order chi connectivity index (χ1) is 11.6. The van der Waals surface area contributed by atoms with Crippen molar-refractivity contribution >= 4 is 30.7 Å². The molecule has 2 rings (SSSR count). The highest BCUT2D eigenvalue weighted by atomic mass is 35.5. The van der Waals surface area contributed by atoms with Crippen LogP contribution < -0.4 is 15.4 Å². The third-order valence-corrected chi connectivity index (χ3v) is 3.90. The summed E-state index contributed by atoms with van der Waals surface area (Å²) in [6, 6.07) is 8.20. The Balaban J connectivity index is 0.00000312. The predicted molar refractivity (Wildman–Crippen MR) is 109 cm³/mol. The first-order valence-corrected chi connectivity index (χ1v) is 8.58. The van der Waals surface area contributed by atoms with E-state index >= 15 is 0 Å². The fourth-order valence-electron chi connectivity index (χ4n) is 2.49. The van der Waals surface area contributed by atoms with E-state index in [1.807, 2.05) is 38.4 Å². The minimum Gasteiger partial charge on any atom is -0.492 e.